The highest BCUT2D eigenvalue weighted by Crippen LogP contribution is 2.47. The summed E-state index contributed by atoms with van der Waals surface area (Å²) < 4.78 is 16.7. The molecule has 0 aliphatic carbocycles. The van der Waals surface area contributed by atoms with Crippen molar-refractivity contribution in [2.24, 2.45) is 0 Å². The molecule has 0 aromatic rings. The Balaban J connectivity index is 3.37. The lowest BCUT2D eigenvalue weighted by Crippen LogP contribution is -2.13. The van der Waals surface area contributed by atoms with E-state index in [-0.39, 0.29) is 6.61 Å². The second-order valence-corrected chi connectivity index (χ2v) is 7.99. The van der Waals surface area contributed by atoms with Gasteiger partial charge in [0.2, 0.25) is 0 Å². The van der Waals surface area contributed by atoms with Gasteiger partial charge in [-0.1, -0.05) is 64.7 Å². The normalized spacial score (nSPS) is 15.8. The standard InChI is InChI=1S/C15H33O5P/c1-3-4-5-6-7-8-9-10-11-12-13-20-21(17,18)15(2)14-19-16/h15-16H,3-14H2,1-2H3,(H,17,18). The molecule has 0 aromatic heterocycles. The van der Waals surface area contributed by atoms with Crippen molar-refractivity contribution < 1.29 is 24.1 Å². The number of rotatable bonds is 15. The van der Waals surface area contributed by atoms with Crippen molar-refractivity contribution in [3.8, 4) is 0 Å². The van der Waals surface area contributed by atoms with Crippen LogP contribution in [-0.2, 0) is 14.0 Å². The van der Waals surface area contributed by atoms with Crippen molar-refractivity contribution in [3.63, 3.8) is 0 Å². The minimum atomic E-state index is -3.66. The summed E-state index contributed by atoms with van der Waals surface area (Å²) in [7, 11) is -3.66. The van der Waals surface area contributed by atoms with Gasteiger partial charge >= 0.3 is 7.60 Å². The molecule has 6 heteroatoms. The predicted molar refractivity (Wildman–Crippen MR) is 85.7 cm³/mol. The van der Waals surface area contributed by atoms with Crippen LogP contribution in [0.15, 0.2) is 0 Å². The van der Waals surface area contributed by atoms with Crippen molar-refractivity contribution in [2.75, 3.05) is 13.2 Å². The van der Waals surface area contributed by atoms with Crippen molar-refractivity contribution in [1.29, 1.82) is 0 Å². The Hall–Kier alpha value is 0.0700. The summed E-state index contributed by atoms with van der Waals surface area (Å²) in [5, 5.41) is 8.27. The molecule has 2 N–H and O–H groups in total. The fraction of sp³-hybridized carbons (Fsp3) is 1.00. The molecule has 0 bridgehead atoms. The van der Waals surface area contributed by atoms with E-state index in [0.717, 1.165) is 19.3 Å². The zero-order valence-electron chi connectivity index (χ0n) is 13.6. The van der Waals surface area contributed by atoms with Gasteiger partial charge in [-0.05, 0) is 13.3 Å². The molecule has 2 unspecified atom stereocenters. The Labute approximate surface area is 129 Å². The maximum Gasteiger partial charge on any atom is 0.333 e. The van der Waals surface area contributed by atoms with Crippen LogP contribution in [0.3, 0.4) is 0 Å². The fourth-order valence-electron chi connectivity index (χ4n) is 2.11. The molecule has 0 heterocycles. The van der Waals surface area contributed by atoms with E-state index in [9.17, 15) is 9.46 Å². The van der Waals surface area contributed by atoms with Crippen LogP contribution in [0.4, 0.5) is 0 Å². The SMILES string of the molecule is CCCCCCCCCCCCOP(=O)(O)C(C)COO. The molecule has 0 aliphatic heterocycles. The van der Waals surface area contributed by atoms with Crippen LogP contribution in [0.25, 0.3) is 0 Å². The van der Waals surface area contributed by atoms with Gasteiger partial charge in [-0.2, -0.15) is 0 Å². The first kappa shape index (κ1) is 21.1. The summed E-state index contributed by atoms with van der Waals surface area (Å²) in [4.78, 5) is 13.5. The van der Waals surface area contributed by atoms with E-state index in [1.807, 2.05) is 0 Å². The highest BCUT2D eigenvalue weighted by molar-refractivity contribution is 7.53. The fourth-order valence-corrected chi connectivity index (χ4v) is 3.01. The number of unbranched alkanes of at least 4 members (excludes halogenated alkanes) is 9. The zero-order valence-corrected chi connectivity index (χ0v) is 14.5. The monoisotopic (exact) mass is 324 g/mol. The molecule has 0 saturated carbocycles. The van der Waals surface area contributed by atoms with E-state index >= 15 is 0 Å². The third kappa shape index (κ3) is 12.3. The van der Waals surface area contributed by atoms with Crippen molar-refractivity contribution in [3.05, 3.63) is 0 Å². The maximum absolute atomic E-state index is 11.7. The zero-order chi connectivity index (χ0) is 16.0. The highest BCUT2D eigenvalue weighted by atomic mass is 31.2. The molecular formula is C15H33O5P. The van der Waals surface area contributed by atoms with E-state index in [0.29, 0.717) is 6.61 Å². The summed E-state index contributed by atoms with van der Waals surface area (Å²) >= 11 is 0. The smallest absolute Gasteiger partial charge is 0.324 e. The molecule has 0 radical (unpaired) electrons. The molecule has 0 rings (SSSR count). The van der Waals surface area contributed by atoms with Gasteiger partial charge in [-0.3, -0.25) is 9.82 Å². The van der Waals surface area contributed by atoms with Crippen molar-refractivity contribution in [1.82, 2.24) is 0 Å². The van der Waals surface area contributed by atoms with Gasteiger partial charge in [0.25, 0.3) is 0 Å². The first-order chi connectivity index (χ1) is 10.0. The van der Waals surface area contributed by atoms with Gasteiger partial charge in [0.1, 0.15) is 0 Å². The largest absolute Gasteiger partial charge is 0.333 e. The van der Waals surface area contributed by atoms with E-state index in [1.54, 1.807) is 0 Å². The van der Waals surface area contributed by atoms with Gasteiger partial charge in [-0.25, -0.2) is 4.89 Å². The molecule has 2 atom stereocenters. The Morgan fingerprint density at radius 2 is 1.43 bits per heavy atom. The summed E-state index contributed by atoms with van der Waals surface area (Å²) in [6.07, 6.45) is 12.2. The van der Waals surface area contributed by atoms with Gasteiger partial charge < -0.3 is 9.42 Å². The van der Waals surface area contributed by atoms with E-state index in [2.05, 4.69) is 11.8 Å². The quantitative estimate of drug-likeness (QED) is 0.192. The van der Waals surface area contributed by atoms with Crippen LogP contribution >= 0.6 is 7.60 Å². The van der Waals surface area contributed by atoms with Crippen molar-refractivity contribution >= 4 is 7.60 Å². The molecule has 5 nitrogen and oxygen atoms in total. The average molecular weight is 324 g/mol. The molecule has 0 spiro atoms. The Bertz CT molecular complexity index is 273. The lowest BCUT2D eigenvalue weighted by Gasteiger charge is -2.17. The predicted octanol–water partition coefficient (Wildman–Crippen LogP) is 4.99. The second-order valence-electron chi connectivity index (χ2n) is 5.72. The summed E-state index contributed by atoms with van der Waals surface area (Å²) in [6.45, 7) is 3.85. The van der Waals surface area contributed by atoms with Crippen molar-refractivity contribution in [2.45, 2.75) is 83.7 Å². The first-order valence-electron chi connectivity index (χ1n) is 8.28. The van der Waals surface area contributed by atoms with Gasteiger partial charge in [0, 0.05) is 0 Å². The molecule has 0 fully saturated rings. The van der Waals surface area contributed by atoms with Gasteiger partial charge in [0.15, 0.2) is 0 Å². The van der Waals surface area contributed by atoms with E-state index in [4.69, 9.17) is 9.78 Å². The summed E-state index contributed by atoms with van der Waals surface area (Å²) in [6, 6.07) is 0. The summed E-state index contributed by atoms with van der Waals surface area (Å²) in [5.74, 6) is 0. The number of hydrogen-bond acceptors (Lipinski definition) is 4. The third-order valence-corrected chi connectivity index (χ3v) is 5.46. The molecular weight excluding hydrogens is 291 g/mol. The molecule has 0 aromatic carbocycles. The second kappa shape index (κ2) is 13.7. The van der Waals surface area contributed by atoms with Crippen LogP contribution in [0.5, 0.6) is 0 Å². The maximum atomic E-state index is 11.7. The van der Waals surface area contributed by atoms with Crippen LogP contribution in [-0.4, -0.2) is 29.0 Å². The van der Waals surface area contributed by atoms with E-state index < -0.39 is 13.3 Å². The highest BCUT2D eigenvalue weighted by Gasteiger charge is 2.28. The Morgan fingerprint density at radius 3 is 1.90 bits per heavy atom. The average Bonchev–Trinajstić information content (AvgIpc) is 2.45. The van der Waals surface area contributed by atoms with E-state index in [1.165, 1.54) is 51.9 Å². The first-order valence-corrected chi connectivity index (χ1v) is 9.92. The minimum Gasteiger partial charge on any atom is -0.324 e. The van der Waals surface area contributed by atoms with Crippen LogP contribution < -0.4 is 0 Å². The molecule has 128 valence electrons. The Kier molecular flexibility index (Phi) is 13.8. The third-order valence-electron chi connectivity index (χ3n) is 3.65. The van der Waals surface area contributed by atoms with Gasteiger partial charge in [0.05, 0.1) is 18.9 Å². The van der Waals surface area contributed by atoms with Crippen LogP contribution in [0, 0.1) is 0 Å². The van der Waals surface area contributed by atoms with Gasteiger partial charge in [-0.15, -0.1) is 0 Å². The minimum absolute atomic E-state index is 0.189. The topological polar surface area (TPSA) is 76.0 Å². The van der Waals surface area contributed by atoms with Crippen LogP contribution in [0.1, 0.15) is 78.1 Å². The Morgan fingerprint density at radius 1 is 0.952 bits per heavy atom. The van der Waals surface area contributed by atoms with Crippen LogP contribution in [0.2, 0.25) is 0 Å². The molecule has 21 heavy (non-hydrogen) atoms. The molecule has 0 amide bonds. The lowest BCUT2D eigenvalue weighted by molar-refractivity contribution is -0.241. The summed E-state index contributed by atoms with van der Waals surface area (Å²) in [5.41, 5.74) is -0.703. The molecule has 0 saturated heterocycles. The molecule has 0 aliphatic rings. The number of hydrogen-bond donors (Lipinski definition) is 2. The lowest BCUT2D eigenvalue weighted by atomic mass is 10.1.